The van der Waals surface area contributed by atoms with Crippen LogP contribution in [0.3, 0.4) is 0 Å². The summed E-state index contributed by atoms with van der Waals surface area (Å²) in [6, 6.07) is -0.766. The first-order valence-electron chi connectivity index (χ1n) is 8.56. The molecule has 0 saturated carbocycles. The zero-order valence-electron chi connectivity index (χ0n) is 16.2. The van der Waals surface area contributed by atoms with E-state index in [0.29, 0.717) is 30.4 Å². The van der Waals surface area contributed by atoms with Crippen molar-refractivity contribution in [2.24, 2.45) is 22.2 Å². The number of carbonyl (C=O) groups excluding carboxylic acids is 1. The Hall–Kier alpha value is -1.91. The Morgan fingerprint density at radius 3 is 2.35 bits per heavy atom. The molecule has 0 aromatic rings. The summed E-state index contributed by atoms with van der Waals surface area (Å²) in [5.41, 5.74) is 16.2. The molecule has 0 spiro atoms. The van der Waals surface area contributed by atoms with Gasteiger partial charge in [-0.3, -0.25) is 14.6 Å². The van der Waals surface area contributed by atoms with E-state index in [1.165, 1.54) is 0 Å². The minimum atomic E-state index is -0.935. The molecule has 26 heavy (non-hydrogen) atoms. The molecular formula is C16H34N5O5+. The lowest BCUT2D eigenvalue weighted by atomic mass is 10.2. The molecule has 10 heteroatoms. The molecule has 0 bridgehead atoms. The second kappa shape index (κ2) is 11.7. The summed E-state index contributed by atoms with van der Waals surface area (Å²) in [5, 5.41) is 9.01. The van der Waals surface area contributed by atoms with Gasteiger partial charge in [0.2, 0.25) is 0 Å². The Labute approximate surface area is 154 Å². The lowest BCUT2D eigenvalue weighted by Gasteiger charge is -2.30. The van der Waals surface area contributed by atoms with Gasteiger partial charge in [-0.15, -0.1) is 0 Å². The van der Waals surface area contributed by atoms with Crippen LogP contribution in [0.1, 0.15) is 26.2 Å². The Morgan fingerprint density at radius 1 is 1.23 bits per heavy atom. The van der Waals surface area contributed by atoms with E-state index in [-0.39, 0.29) is 19.0 Å². The van der Waals surface area contributed by atoms with Gasteiger partial charge in [-0.2, -0.15) is 0 Å². The van der Waals surface area contributed by atoms with Crippen LogP contribution in [0.5, 0.6) is 0 Å². The summed E-state index contributed by atoms with van der Waals surface area (Å²) in [7, 11) is 5.85. The highest BCUT2D eigenvalue weighted by Crippen LogP contribution is 2.09. The number of ether oxygens (including phenoxy) is 2. The van der Waals surface area contributed by atoms with Crippen LogP contribution in [-0.2, 0) is 19.1 Å². The Kier molecular flexibility index (Phi) is 10.8. The van der Waals surface area contributed by atoms with Crippen LogP contribution >= 0.6 is 0 Å². The number of hydrogen-bond acceptors (Lipinski definition) is 6. The van der Waals surface area contributed by atoms with Gasteiger partial charge in [-0.25, -0.2) is 0 Å². The van der Waals surface area contributed by atoms with Gasteiger partial charge in [0.15, 0.2) is 5.96 Å². The van der Waals surface area contributed by atoms with E-state index in [1.54, 1.807) is 6.92 Å². The summed E-state index contributed by atoms with van der Waals surface area (Å²) in [5.74, 6) is -1.47. The van der Waals surface area contributed by atoms with E-state index in [9.17, 15) is 9.59 Å². The number of carboxylic acid groups (broad SMARTS) is 1. The second-order valence-electron chi connectivity index (χ2n) is 7.32. The lowest BCUT2D eigenvalue weighted by Crippen LogP contribution is -2.44. The smallest absolute Gasteiger partial charge is 0.322 e. The summed E-state index contributed by atoms with van der Waals surface area (Å²) in [4.78, 5) is 26.7. The van der Waals surface area contributed by atoms with Crippen LogP contribution < -0.4 is 17.2 Å². The van der Waals surface area contributed by atoms with Crippen molar-refractivity contribution in [2.45, 2.75) is 44.4 Å². The SMILES string of the molecule is CC(COC(=O)[C@@H](N)CCCN=C(N)N)OC(CC(=O)O)C[N+](C)(C)C. The third kappa shape index (κ3) is 13.4. The minimum absolute atomic E-state index is 0.00286. The molecule has 0 amide bonds. The van der Waals surface area contributed by atoms with Crippen molar-refractivity contribution in [3.05, 3.63) is 0 Å². The third-order valence-corrected chi connectivity index (χ3v) is 3.31. The maximum Gasteiger partial charge on any atom is 0.322 e. The number of quaternary nitrogens is 1. The topological polar surface area (TPSA) is 163 Å². The summed E-state index contributed by atoms with van der Waals surface area (Å²) < 4.78 is 11.4. The standard InChI is InChI=1S/C16H33N5O5/c1-11(26-12(8-14(22)23)9-21(2,3)4)10-25-15(24)13(17)6-5-7-20-16(18)19/h11-13H,5-10,17H2,1-4H3,(H4-,18,19,20,22,23)/p+1/t11?,12?,13-/m0/s1. The largest absolute Gasteiger partial charge is 0.481 e. The molecule has 0 aromatic carbocycles. The number of aliphatic carboxylic acids is 1. The Balaban J connectivity index is 4.30. The molecule has 0 aliphatic heterocycles. The molecule has 0 heterocycles. The molecule has 0 aliphatic rings. The van der Waals surface area contributed by atoms with E-state index in [0.717, 1.165) is 0 Å². The maximum atomic E-state index is 11.9. The van der Waals surface area contributed by atoms with E-state index in [2.05, 4.69) is 4.99 Å². The van der Waals surface area contributed by atoms with Crippen molar-refractivity contribution in [1.29, 1.82) is 0 Å². The van der Waals surface area contributed by atoms with Gasteiger partial charge in [0.05, 0.1) is 33.7 Å². The number of rotatable bonds is 13. The predicted molar refractivity (Wildman–Crippen MR) is 98.3 cm³/mol. The van der Waals surface area contributed by atoms with Crippen LogP contribution in [-0.4, -0.2) is 86.6 Å². The number of esters is 1. The summed E-state index contributed by atoms with van der Waals surface area (Å²) >= 11 is 0. The van der Waals surface area contributed by atoms with Crippen molar-refractivity contribution in [3.8, 4) is 0 Å². The van der Waals surface area contributed by atoms with Gasteiger partial charge in [0.1, 0.15) is 25.3 Å². The van der Waals surface area contributed by atoms with E-state index < -0.39 is 30.2 Å². The zero-order chi connectivity index (χ0) is 20.3. The first-order valence-corrected chi connectivity index (χ1v) is 8.56. The van der Waals surface area contributed by atoms with Crippen LogP contribution in [0, 0.1) is 0 Å². The highest BCUT2D eigenvalue weighted by Gasteiger charge is 2.24. The van der Waals surface area contributed by atoms with Crippen LogP contribution in [0.15, 0.2) is 4.99 Å². The van der Waals surface area contributed by atoms with Gasteiger partial charge in [0, 0.05) is 6.54 Å². The monoisotopic (exact) mass is 376 g/mol. The molecule has 0 rings (SSSR count). The lowest BCUT2D eigenvalue weighted by molar-refractivity contribution is -0.873. The number of nitrogens with zero attached hydrogens (tertiary/aromatic N) is 2. The van der Waals surface area contributed by atoms with Gasteiger partial charge < -0.3 is 36.3 Å². The molecule has 0 radical (unpaired) electrons. The fourth-order valence-corrected chi connectivity index (χ4v) is 2.27. The molecule has 10 nitrogen and oxygen atoms in total. The molecule has 152 valence electrons. The quantitative estimate of drug-likeness (QED) is 0.103. The highest BCUT2D eigenvalue weighted by molar-refractivity contribution is 5.76. The third-order valence-electron chi connectivity index (χ3n) is 3.31. The van der Waals surface area contributed by atoms with Gasteiger partial charge in [0.25, 0.3) is 0 Å². The molecule has 0 aromatic heterocycles. The number of hydrogen-bond donors (Lipinski definition) is 4. The van der Waals surface area contributed by atoms with Crippen LogP contribution in [0.25, 0.3) is 0 Å². The van der Waals surface area contributed by atoms with Crippen molar-refractivity contribution < 1.29 is 28.7 Å². The summed E-state index contributed by atoms with van der Waals surface area (Å²) in [6.07, 6.45) is -0.0746. The molecule has 0 saturated heterocycles. The highest BCUT2D eigenvalue weighted by atomic mass is 16.6. The van der Waals surface area contributed by atoms with Crippen LogP contribution in [0.2, 0.25) is 0 Å². The Morgan fingerprint density at radius 2 is 1.85 bits per heavy atom. The fraction of sp³-hybridized carbons (Fsp3) is 0.812. The normalized spacial score (nSPS) is 15.0. The van der Waals surface area contributed by atoms with Gasteiger partial charge in [-0.05, 0) is 19.8 Å². The predicted octanol–water partition coefficient (Wildman–Crippen LogP) is -1.13. The fourth-order valence-electron chi connectivity index (χ4n) is 2.27. The first kappa shape index (κ1) is 24.1. The van der Waals surface area contributed by atoms with E-state index in [4.69, 9.17) is 31.8 Å². The number of guanidine groups is 1. The second-order valence-corrected chi connectivity index (χ2v) is 7.32. The average molecular weight is 376 g/mol. The molecular weight excluding hydrogens is 342 g/mol. The van der Waals surface area contributed by atoms with Crippen molar-refractivity contribution in [3.63, 3.8) is 0 Å². The molecule has 7 N–H and O–H groups in total. The average Bonchev–Trinajstić information content (AvgIpc) is 2.46. The molecule has 2 unspecified atom stereocenters. The van der Waals surface area contributed by atoms with Crippen LogP contribution in [0.4, 0.5) is 0 Å². The number of carboxylic acids is 1. The molecule has 0 aliphatic carbocycles. The molecule has 0 fully saturated rings. The Bertz CT molecular complexity index is 474. The zero-order valence-corrected chi connectivity index (χ0v) is 16.2. The van der Waals surface area contributed by atoms with E-state index >= 15 is 0 Å². The number of carbonyl (C=O) groups is 2. The maximum absolute atomic E-state index is 11.9. The van der Waals surface area contributed by atoms with Gasteiger partial charge in [-0.1, -0.05) is 0 Å². The number of nitrogens with two attached hydrogens (primary N) is 3. The first-order chi connectivity index (χ1) is 11.9. The summed E-state index contributed by atoms with van der Waals surface area (Å²) in [6.45, 7) is 2.65. The minimum Gasteiger partial charge on any atom is -0.481 e. The molecule has 3 atom stereocenters. The van der Waals surface area contributed by atoms with E-state index in [1.807, 2.05) is 21.1 Å². The number of aliphatic imine (C=N–C) groups is 1. The van der Waals surface area contributed by atoms with Crippen molar-refractivity contribution in [1.82, 2.24) is 0 Å². The van der Waals surface area contributed by atoms with Gasteiger partial charge >= 0.3 is 11.9 Å². The van der Waals surface area contributed by atoms with Crippen molar-refractivity contribution in [2.75, 3.05) is 40.8 Å². The van der Waals surface area contributed by atoms with Crippen molar-refractivity contribution >= 4 is 17.9 Å². The number of likely N-dealkylation sites (N-methyl/N-ethyl adjacent to an activating group) is 1.